The molecule has 1 heterocycles. The molecule has 0 aliphatic rings. The average Bonchev–Trinajstić information content (AvgIpc) is 3.12. The Hall–Kier alpha value is -3.44. The van der Waals surface area contributed by atoms with Gasteiger partial charge in [-0.05, 0) is 47.3 Å². The highest BCUT2D eigenvalue weighted by atomic mass is 32.1. The van der Waals surface area contributed by atoms with Crippen molar-refractivity contribution in [3.63, 3.8) is 0 Å². The number of thiophene rings is 1. The number of carbonyl (C=O) groups is 2. The summed E-state index contributed by atoms with van der Waals surface area (Å²) in [6.07, 6.45) is 0. The number of carbonyl (C=O) groups excluding carboxylic acids is 1. The van der Waals surface area contributed by atoms with Gasteiger partial charge in [-0.25, -0.2) is 4.79 Å². The summed E-state index contributed by atoms with van der Waals surface area (Å²) in [6.45, 7) is 0. The highest BCUT2D eigenvalue weighted by Crippen LogP contribution is 2.35. The van der Waals surface area contributed by atoms with E-state index in [1.165, 1.54) is 6.07 Å². The molecular weight excluding hydrogens is 358 g/mol. The van der Waals surface area contributed by atoms with Crippen molar-refractivity contribution in [1.82, 2.24) is 0 Å². The van der Waals surface area contributed by atoms with Gasteiger partial charge in [0.25, 0.3) is 5.91 Å². The molecule has 0 saturated carbocycles. The number of aromatic carboxylic acids is 1. The van der Waals surface area contributed by atoms with Crippen molar-refractivity contribution in [3.8, 4) is 10.4 Å². The van der Waals surface area contributed by atoms with Crippen LogP contribution >= 0.6 is 11.3 Å². The fourth-order valence-electron chi connectivity index (χ4n) is 2.90. The summed E-state index contributed by atoms with van der Waals surface area (Å²) >= 11 is 1.63. The third-order valence-corrected chi connectivity index (χ3v) is 5.41. The molecule has 0 aliphatic carbocycles. The Kier molecular flexibility index (Phi) is 4.44. The van der Waals surface area contributed by atoms with Gasteiger partial charge in [-0.1, -0.05) is 42.5 Å². The first-order chi connectivity index (χ1) is 13.1. The van der Waals surface area contributed by atoms with Crippen LogP contribution in [-0.4, -0.2) is 17.0 Å². The van der Waals surface area contributed by atoms with Crippen LogP contribution in [-0.2, 0) is 0 Å². The monoisotopic (exact) mass is 373 g/mol. The minimum absolute atomic E-state index is 0.0594. The van der Waals surface area contributed by atoms with Crippen LogP contribution in [0.4, 0.5) is 5.69 Å². The standard InChI is InChI=1S/C22H15NO3S/c24-21(14-6-2-1-3-7-14)23-18-12-16(10-11-17(18)22(25)26)20-13-15-8-4-5-9-19(15)27-20/h1-13H,(H,23,24)(H,25,26). The number of fused-ring (bicyclic) bond motifs is 1. The number of anilines is 1. The smallest absolute Gasteiger partial charge is 0.337 e. The quantitative estimate of drug-likeness (QED) is 0.495. The molecule has 1 aromatic heterocycles. The second-order valence-electron chi connectivity index (χ2n) is 6.03. The molecule has 0 atom stereocenters. The van der Waals surface area contributed by atoms with Crippen LogP contribution in [0.3, 0.4) is 0 Å². The third kappa shape index (κ3) is 3.45. The molecule has 4 rings (SSSR count). The van der Waals surface area contributed by atoms with E-state index in [2.05, 4.69) is 11.4 Å². The van der Waals surface area contributed by atoms with Crippen LogP contribution in [0.5, 0.6) is 0 Å². The van der Waals surface area contributed by atoms with Crippen LogP contribution in [0.25, 0.3) is 20.5 Å². The van der Waals surface area contributed by atoms with E-state index in [0.29, 0.717) is 5.56 Å². The molecule has 5 heteroatoms. The summed E-state index contributed by atoms with van der Waals surface area (Å²) in [4.78, 5) is 25.1. The van der Waals surface area contributed by atoms with E-state index in [1.54, 1.807) is 47.7 Å². The first-order valence-electron chi connectivity index (χ1n) is 8.34. The number of hydrogen-bond acceptors (Lipinski definition) is 3. The van der Waals surface area contributed by atoms with Crippen molar-refractivity contribution in [2.24, 2.45) is 0 Å². The van der Waals surface area contributed by atoms with Gasteiger partial charge in [-0.2, -0.15) is 0 Å². The highest BCUT2D eigenvalue weighted by Gasteiger charge is 2.15. The summed E-state index contributed by atoms with van der Waals surface area (Å²) < 4.78 is 1.16. The topological polar surface area (TPSA) is 66.4 Å². The zero-order valence-corrected chi connectivity index (χ0v) is 15.0. The second kappa shape index (κ2) is 7.05. The van der Waals surface area contributed by atoms with E-state index < -0.39 is 5.97 Å². The lowest BCUT2D eigenvalue weighted by molar-refractivity contribution is 0.0698. The highest BCUT2D eigenvalue weighted by molar-refractivity contribution is 7.22. The molecule has 0 spiro atoms. The maximum absolute atomic E-state index is 12.5. The van der Waals surface area contributed by atoms with E-state index in [1.807, 2.05) is 30.3 Å². The molecule has 1 amide bonds. The zero-order chi connectivity index (χ0) is 18.8. The predicted molar refractivity (Wildman–Crippen MR) is 109 cm³/mol. The Bertz CT molecular complexity index is 1120. The summed E-state index contributed by atoms with van der Waals surface area (Å²) in [7, 11) is 0. The Morgan fingerprint density at radius 2 is 1.59 bits per heavy atom. The number of carboxylic acids is 1. The number of amides is 1. The Balaban J connectivity index is 1.74. The van der Waals surface area contributed by atoms with Gasteiger partial charge >= 0.3 is 5.97 Å². The molecule has 0 bridgehead atoms. The minimum Gasteiger partial charge on any atom is -0.478 e. The maximum atomic E-state index is 12.5. The fourth-order valence-corrected chi connectivity index (χ4v) is 3.95. The van der Waals surface area contributed by atoms with Gasteiger partial charge in [-0.3, -0.25) is 4.79 Å². The molecule has 0 radical (unpaired) electrons. The fraction of sp³-hybridized carbons (Fsp3) is 0. The first kappa shape index (κ1) is 17.0. The van der Waals surface area contributed by atoms with Gasteiger partial charge in [0.05, 0.1) is 11.3 Å². The zero-order valence-electron chi connectivity index (χ0n) is 14.2. The molecule has 0 saturated heterocycles. The number of carboxylic acid groups (broad SMARTS) is 1. The van der Waals surface area contributed by atoms with Gasteiger partial charge in [0.2, 0.25) is 0 Å². The third-order valence-electron chi connectivity index (χ3n) is 4.24. The molecular formula is C22H15NO3S. The number of rotatable bonds is 4. The molecule has 0 unspecified atom stereocenters. The predicted octanol–water partition coefficient (Wildman–Crippen LogP) is 5.52. The van der Waals surface area contributed by atoms with Gasteiger partial charge in [0.15, 0.2) is 0 Å². The molecule has 3 aromatic carbocycles. The molecule has 4 nitrogen and oxygen atoms in total. The van der Waals surface area contributed by atoms with Crippen LogP contribution in [0, 0.1) is 0 Å². The summed E-state index contributed by atoms with van der Waals surface area (Å²) in [6, 6.07) is 23.9. The van der Waals surface area contributed by atoms with Crippen LogP contribution < -0.4 is 5.32 Å². The molecule has 0 fully saturated rings. The van der Waals surface area contributed by atoms with E-state index in [-0.39, 0.29) is 17.2 Å². The van der Waals surface area contributed by atoms with E-state index in [0.717, 1.165) is 20.5 Å². The largest absolute Gasteiger partial charge is 0.478 e. The van der Waals surface area contributed by atoms with Gasteiger partial charge in [0, 0.05) is 15.1 Å². The van der Waals surface area contributed by atoms with Crippen LogP contribution in [0.15, 0.2) is 78.9 Å². The van der Waals surface area contributed by atoms with Crippen molar-refractivity contribution < 1.29 is 14.7 Å². The van der Waals surface area contributed by atoms with Gasteiger partial charge in [0.1, 0.15) is 0 Å². The second-order valence-corrected chi connectivity index (χ2v) is 7.12. The molecule has 0 aliphatic heterocycles. The lowest BCUT2D eigenvalue weighted by Gasteiger charge is -2.10. The number of hydrogen-bond donors (Lipinski definition) is 2. The van der Waals surface area contributed by atoms with Crippen LogP contribution in [0.1, 0.15) is 20.7 Å². The molecule has 4 aromatic rings. The molecule has 2 N–H and O–H groups in total. The normalized spacial score (nSPS) is 10.7. The number of benzene rings is 3. The maximum Gasteiger partial charge on any atom is 0.337 e. The van der Waals surface area contributed by atoms with E-state index in [9.17, 15) is 14.7 Å². The lowest BCUT2D eigenvalue weighted by Crippen LogP contribution is -2.14. The summed E-state index contributed by atoms with van der Waals surface area (Å²) in [5.74, 6) is -1.42. The van der Waals surface area contributed by atoms with Crippen molar-refractivity contribution in [2.45, 2.75) is 0 Å². The van der Waals surface area contributed by atoms with Gasteiger partial charge < -0.3 is 10.4 Å². The van der Waals surface area contributed by atoms with Crippen molar-refractivity contribution >= 4 is 39.0 Å². The number of nitrogens with one attached hydrogen (secondary N) is 1. The minimum atomic E-state index is -1.08. The van der Waals surface area contributed by atoms with Crippen molar-refractivity contribution in [2.75, 3.05) is 5.32 Å². The Morgan fingerprint density at radius 3 is 2.33 bits per heavy atom. The van der Waals surface area contributed by atoms with Crippen LogP contribution in [0.2, 0.25) is 0 Å². The van der Waals surface area contributed by atoms with Crippen molar-refractivity contribution in [3.05, 3.63) is 90.0 Å². The average molecular weight is 373 g/mol. The molecule has 27 heavy (non-hydrogen) atoms. The van der Waals surface area contributed by atoms with Crippen molar-refractivity contribution in [1.29, 1.82) is 0 Å². The first-order valence-corrected chi connectivity index (χ1v) is 9.16. The Morgan fingerprint density at radius 1 is 0.852 bits per heavy atom. The lowest BCUT2D eigenvalue weighted by atomic mass is 10.1. The molecule has 132 valence electrons. The van der Waals surface area contributed by atoms with E-state index >= 15 is 0 Å². The SMILES string of the molecule is O=C(Nc1cc(-c2cc3ccccc3s2)ccc1C(=O)O)c1ccccc1. The Labute approximate surface area is 159 Å². The van der Waals surface area contributed by atoms with E-state index in [4.69, 9.17) is 0 Å². The summed E-state index contributed by atoms with van der Waals surface area (Å²) in [5.41, 5.74) is 1.68. The van der Waals surface area contributed by atoms with Gasteiger partial charge in [-0.15, -0.1) is 11.3 Å². The summed E-state index contributed by atoms with van der Waals surface area (Å²) in [5, 5.41) is 13.3.